The van der Waals surface area contributed by atoms with Gasteiger partial charge in [0, 0.05) is 0 Å². The van der Waals surface area contributed by atoms with Gasteiger partial charge in [-0.25, -0.2) is 0 Å². The van der Waals surface area contributed by atoms with Crippen molar-refractivity contribution in [3.05, 3.63) is 58.5 Å². The number of methoxy groups -OCH3 is 1. The maximum atomic E-state index is 11.8. The van der Waals surface area contributed by atoms with E-state index in [0.717, 1.165) is 11.3 Å². The van der Waals surface area contributed by atoms with E-state index in [1.165, 1.54) is 17.3 Å². The summed E-state index contributed by atoms with van der Waals surface area (Å²) >= 11 is 6.26. The van der Waals surface area contributed by atoms with Crippen molar-refractivity contribution in [2.24, 2.45) is 0 Å². The van der Waals surface area contributed by atoms with E-state index in [4.69, 9.17) is 26.4 Å². The van der Waals surface area contributed by atoms with Crippen LogP contribution in [0.25, 0.3) is 6.08 Å². The molecule has 0 saturated carbocycles. The van der Waals surface area contributed by atoms with Gasteiger partial charge in [0.2, 0.25) is 0 Å². The van der Waals surface area contributed by atoms with Gasteiger partial charge in [0.15, 0.2) is 11.5 Å². The molecule has 1 aliphatic heterocycles. The van der Waals surface area contributed by atoms with Crippen molar-refractivity contribution in [1.29, 1.82) is 0 Å². The van der Waals surface area contributed by atoms with E-state index in [2.05, 4.69) is 38.2 Å². The molecular formula is C23H25NO4S2. The number of hydrogen-bond donors (Lipinski definition) is 1. The highest BCUT2D eigenvalue weighted by Gasteiger charge is 2.22. The topological polar surface area (TPSA) is 56.8 Å². The van der Waals surface area contributed by atoms with Crippen molar-refractivity contribution < 1.29 is 19.0 Å². The summed E-state index contributed by atoms with van der Waals surface area (Å²) in [4.78, 5) is 12.4. The molecule has 0 spiro atoms. The summed E-state index contributed by atoms with van der Waals surface area (Å²) in [6.07, 6.45) is 1.77. The Morgan fingerprint density at radius 2 is 1.73 bits per heavy atom. The quantitative estimate of drug-likeness (QED) is 0.372. The molecule has 0 aromatic heterocycles. The van der Waals surface area contributed by atoms with Crippen molar-refractivity contribution in [1.82, 2.24) is 5.32 Å². The lowest BCUT2D eigenvalue weighted by Gasteiger charge is -2.19. The van der Waals surface area contributed by atoms with Crippen LogP contribution < -0.4 is 19.5 Å². The van der Waals surface area contributed by atoms with E-state index in [9.17, 15) is 4.79 Å². The highest BCUT2D eigenvalue weighted by Crippen LogP contribution is 2.31. The lowest BCUT2D eigenvalue weighted by Crippen LogP contribution is -2.17. The molecule has 1 N–H and O–H groups in total. The molecule has 7 heteroatoms. The highest BCUT2D eigenvalue weighted by molar-refractivity contribution is 8.26. The minimum absolute atomic E-state index is 0.118. The van der Waals surface area contributed by atoms with E-state index >= 15 is 0 Å². The van der Waals surface area contributed by atoms with Crippen LogP contribution in [0.4, 0.5) is 0 Å². The Labute approximate surface area is 186 Å². The standard InChI is InChI=1S/C23H25NO4S2/c1-23(2,3)16-6-8-17(9-7-16)27-11-12-28-18-10-5-15(13-19(18)26-4)14-20-21(25)24-22(29)30-20/h5-10,13-14H,11-12H2,1-4H3,(H,24,25,29)/b20-14+. The normalized spacial score (nSPS) is 15.3. The van der Waals surface area contributed by atoms with Crippen LogP contribution in [0.1, 0.15) is 31.9 Å². The third-order valence-corrected chi connectivity index (χ3v) is 5.62. The predicted octanol–water partition coefficient (Wildman–Crippen LogP) is 4.94. The first kappa shape index (κ1) is 22.2. The summed E-state index contributed by atoms with van der Waals surface area (Å²) in [6.45, 7) is 7.34. The molecule has 30 heavy (non-hydrogen) atoms. The molecule has 0 bridgehead atoms. The number of ether oxygens (including phenoxy) is 3. The zero-order valence-electron chi connectivity index (χ0n) is 17.5. The molecule has 0 unspecified atom stereocenters. The molecule has 1 aliphatic rings. The molecule has 0 atom stereocenters. The molecule has 2 aromatic rings. The Hall–Kier alpha value is -2.51. The zero-order chi connectivity index (χ0) is 21.7. The van der Waals surface area contributed by atoms with Gasteiger partial charge in [-0.1, -0.05) is 63.0 Å². The summed E-state index contributed by atoms with van der Waals surface area (Å²) in [5.74, 6) is 1.83. The van der Waals surface area contributed by atoms with Gasteiger partial charge in [-0.3, -0.25) is 4.79 Å². The van der Waals surface area contributed by atoms with Gasteiger partial charge in [0.05, 0.1) is 12.0 Å². The van der Waals surface area contributed by atoms with Crippen LogP contribution in [0.2, 0.25) is 0 Å². The largest absolute Gasteiger partial charge is 0.493 e. The summed E-state index contributed by atoms with van der Waals surface area (Å²) in [5, 5.41) is 2.60. The van der Waals surface area contributed by atoms with Crippen molar-refractivity contribution in [2.45, 2.75) is 26.2 Å². The molecule has 1 fully saturated rings. The van der Waals surface area contributed by atoms with Crippen molar-refractivity contribution >= 4 is 40.3 Å². The average Bonchev–Trinajstić information content (AvgIpc) is 3.02. The number of carbonyl (C=O) groups is 1. The first-order valence-corrected chi connectivity index (χ1v) is 10.8. The van der Waals surface area contributed by atoms with Crippen LogP contribution in [0.5, 0.6) is 17.2 Å². The van der Waals surface area contributed by atoms with Crippen molar-refractivity contribution in [3.8, 4) is 17.2 Å². The van der Waals surface area contributed by atoms with Crippen molar-refractivity contribution in [2.75, 3.05) is 20.3 Å². The van der Waals surface area contributed by atoms with Crippen LogP contribution >= 0.6 is 24.0 Å². The number of amides is 1. The Bertz CT molecular complexity index is 962. The zero-order valence-corrected chi connectivity index (χ0v) is 19.1. The Morgan fingerprint density at radius 3 is 2.33 bits per heavy atom. The fourth-order valence-electron chi connectivity index (χ4n) is 2.83. The highest BCUT2D eigenvalue weighted by atomic mass is 32.2. The van der Waals surface area contributed by atoms with E-state index in [0.29, 0.717) is 33.9 Å². The summed E-state index contributed by atoms with van der Waals surface area (Å²) in [7, 11) is 1.58. The maximum absolute atomic E-state index is 11.8. The molecule has 2 aromatic carbocycles. The fourth-order valence-corrected chi connectivity index (χ4v) is 3.87. The molecule has 0 aliphatic carbocycles. The van der Waals surface area contributed by atoms with Crippen LogP contribution in [-0.2, 0) is 10.2 Å². The van der Waals surface area contributed by atoms with Crippen LogP contribution in [0, 0.1) is 0 Å². The Kier molecular flexibility index (Phi) is 7.05. The number of benzene rings is 2. The van der Waals surface area contributed by atoms with Gasteiger partial charge >= 0.3 is 0 Å². The second kappa shape index (κ2) is 9.53. The van der Waals surface area contributed by atoms with Gasteiger partial charge in [0.1, 0.15) is 23.3 Å². The summed E-state index contributed by atoms with van der Waals surface area (Å²) < 4.78 is 17.5. The molecule has 1 amide bonds. The van der Waals surface area contributed by atoms with Gasteiger partial charge in [-0.05, 0) is 46.9 Å². The molecule has 5 nitrogen and oxygen atoms in total. The van der Waals surface area contributed by atoms with Gasteiger partial charge in [0.25, 0.3) is 5.91 Å². The smallest absolute Gasteiger partial charge is 0.263 e. The average molecular weight is 444 g/mol. The second-order valence-electron chi connectivity index (χ2n) is 7.73. The molecular weight excluding hydrogens is 418 g/mol. The first-order valence-electron chi connectivity index (χ1n) is 9.55. The van der Waals surface area contributed by atoms with Crippen LogP contribution in [0.15, 0.2) is 47.4 Å². The van der Waals surface area contributed by atoms with Crippen LogP contribution in [0.3, 0.4) is 0 Å². The molecule has 3 rings (SSSR count). The van der Waals surface area contributed by atoms with Gasteiger partial charge in [-0.2, -0.15) is 0 Å². The monoisotopic (exact) mass is 443 g/mol. The number of nitrogens with one attached hydrogen (secondary N) is 1. The molecule has 158 valence electrons. The minimum atomic E-state index is -0.183. The number of carbonyl (C=O) groups excluding carboxylic acids is 1. The van der Waals surface area contributed by atoms with Gasteiger partial charge in [-0.15, -0.1) is 0 Å². The summed E-state index contributed by atoms with van der Waals surface area (Å²) in [6, 6.07) is 13.6. The third kappa shape index (κ3) is 5.77. The third-order valence-electron chi connectivity index (χ3n) is 4.46. The molecule has 0 radical (unpaired) electrons. The van der Waals surface area contributed by atoms with E-state index in [-0.39, 0.29) is 11.3 Å². The van der Waals surface area contributed by atoms with E-state index < -0.39 is 0 Å². The van der Waals surface area contributed by atoms with Crippen LogP contribution in [-0.4, -0.2) is 30.6 Å². The minimum Gasteiger partial charge on any atom is -0.493 e. The second-order valence-corrected chi connectivity index (χ2v) is 9.45. The lowest BCUT2D eigenvalue weighted by atomic mass is 9.87. The first-order chi connectivity index (χ1) is 14.3. The van der Waals surface area contributed by atoms with Crippen molar-refractivity contribution in [3.63, 3.8) is 0 Å². The van der Waals surface area contributed by atoms with E-state index in [1.807, 2.05) is 30.3 Å². The molecule has 1 saturated heterocycles. The number of thiocarbonyl (C=S) groups is 1. The number of thioether (sulfide) groups is 1. The molecule has 1 heterocycles. The fraction of sp³-hybridized carbons (Fsp3) is 0.304. The number of rotatable bonds is 7. The Morgan fingerprint density at radius 1 is 1.03 bits per heavy atom. The maximum Gasteiger partial charge on any atom is 0.263 e. The van der Waals surface area contributed by atoms with E-state index in [1.54, 1.807) is 13.2 Å². The number of hydrogen-bond acceptors (Lipinski definition) is 6. The van der Waals surface area contributed by atoms with Gasteiger partial charge < -0.3 is 19.5 Å². The predicted molar refractivity (Wildman–Crippen MR) is 125 cm³/mol. The Balaban J connectivity index is 1.56. The SMILES string of the molecule is COc1cc(/C=C2/SC(=S)NC2=O)ccc1OCCOc1ccc(C(C)(C)C)cc1. The lowest BCUT2D eigenvalue weighted by molar-refractivity contribution is -0.115. The summed E-state index contributed by atoms with van der Waals surface area (Å²) in [5.41, 5.74) is 2.21.